The highest BCUT2D eigenvalue weighted by atomic mass is 35.5. The third-order valence-corrected chi connectivity index (χ3v) is 9.14. The largest absolute Gasteiger partial charge is 0.352 e. The van der Waals surface area contributed by atoms with Crippen LogP contribution in [0.5, 0.6) is 0 Å². The normalized spacial score (nSPS) is 17.5. The summed E-state index contributed by atoms with van der Waals surface area (Å²) in [5, 5.41) is 8.19. The van der Waals surface area contributed by atoms with Crippen LogP contribution >= 0.6 is 22.9 Å². The van der Waals surface area contributed by atoms with Gasteiger partial charge in [0.1, 0.15) is 6.04 Å². The van der Waals surface area contributed by atoms with Crippen LogP contribution in [-0.2, 0) is 14.8 Å². The maximum absolute atomic E-state index is 13.1. The van der Waals surface area contributed by atoms with Crippen molar-refractivity contribution in [1.29, 1.82) is 0 Å². The number of thiophene rings is 1. The number of rotatable bonds is 8. The number of benzene rings is 1. The molecule has 0 aliphatic carbocycles. The lowest BCUT2D eigenvalue weighted by atomic mass is 9.89. The Labute approximate surface area is 204 Å². The number of halogens is 1. The zero-order valence-electron chi connectivity index (χ0n) is 19.0. The Morgan fingerprint density at radius 2 is 1.70 bits per heavy atom. The Morgan fingerprint density at radius 1 is 1.06 bits per heavy atom. The van der Waals surface area contributed by atoms with Crippen molar-refractivity contribution in [3.63, 3.8) is 0 Å². The molecule has 33 heavy (non-hydrogen) atoms. The molecule has 180 valence electrons. The van der Waals surface area contributed by atoms with Crippen molar-refractivity contribution in [3.05, 3.63) is 51.7 Å². The second-order valence-electron chi connectivity index (χ2n) is 8.67. The number of hydrogen-bond acceptors (Lipinski definition) is 5. The number of carbonyl (C=O) groups excluding carboxylic acids is 2. The molecule has 0 spiro atoms. The van der Waals surface area contributed by atoms with Gasteiger partial charge in [-0.3, -0.25) is 9.59 Å². The fraction of sp³-hybridized carbons (Fsp3) is 0.478. The molecule has 2 heterocycles. The Balaban J connectivity index is 1.72. The lowest BCUT2D eigenvalue weighted by Gasteiger charge is -2.35. The van der Waals surface area contributed by atoms with Crippen molar-refractivity contribution in [2.75, 3.05) is 13.1 Å². The molecule has 2 atom stereocenters. The summed E-state index contributed by atoms with van der Waals surface area (Å²) >= 11 is 7.20. The zero-order chi connectivity index (χ0) is 24.2. The minimum absolute atomic E-state index is 0.0518. The summed E-state index contributed by atoms with van der Waals surface area (Å²) in [6.07, 6.45) is 0.928. The van der Waals surface area contributed by atoms with E-state index < -0.39 is 16.1 Å². The quantitative estimate of drug-likeness (QED) is 0.564. The van der Waals surface area contributed by atoms with Crippen LogP contribution in [0, 0.1) is 11.8 Å². The number of nitrogens with one attached hydrogen (secondary N) is 2. The van der Waals surface area contributed by atoms with Gasteiger partial charge in [-0.1, -0.05) is 31.5 Å². The highest BCUT2D eigenvalue weighted by molar-refractivity contribution is 7.89. The van der Waals surface area contributed by atoms with Gasteiger partial charge < -0.3 is 10.6 Å². The topological polar surface area (TPSA) is 95.6 Å². The molecule has 2 amide bonds. The number of nitrogens with zero attached hydrogens (tertiary/aromatic N) is 1. The summed E-state index contributed by atoms with van der Waals surface area (Å²) in [5.74, 6) is -0.461. The van der Waals surface area contributed by atoms with Gasteiger partial charge >= 0.3 is 0 Å². The molecular formula is C23H30ClN3O4S2. The third-order valence-electron chi connectivity index (χ3n) is 6.11. The molecule has 7 nitrogen and oxygen atoms in total. The lowest BCUT2D eigenvalue weighted by molar-refractivity contribution is -0.125. The van der Waals surface area contributed by atoms with E-state index in [-0.39, 0.29) is 47.7 Å². The van der Waals surface area contributed by atoms with Crippen LogP contribution in [0.1, 0.15) is 43.3 Å². The Morgan fingerprint density at radius 3 is 2.24 bits per heavy atom. The van der Waals surface area contributed by atoms with Gasteiger partial charge in [-0.15, -0.1) is 11.3 Å². The second-order valence-corrected chi connectivity index (χ2v) is 12.0. The van der Waals surface area contributed by atoms with E-state index in [0.717, 1.165) is 0 Å². The van der Waals surface area contributed by atoms with Crippen molar-refractivity contribution in [2.45, 2.75) is 50.6 Å². The first-order valence-electron chi connectivity index (χ1n) is 11.0. The van der Waals surface area contributed by atoms with Crippen LogP contribution in [0.15, 0.2) is 46.7 Å². The highest BCUT2D eigenvalue weighted by Crippen LogP contribution is 2.27. The van der Waals surface area contributed by atoms with Gasteiger partial charge in [-0.05, 0) is 67.3 Å². The van der Waals surface area contributed by atoms with E-state index in [0.29, 0.717) is 22.7 Å². The average molecular weight is 512 g/mol. The molecule has 0 bridgehead atoms. The summed E-state index contributed by atoms with van der Waals surface area (Å²) in [7, 11) is -3.65. The Kier molecular flexibility index (Phi) is 8.55. The molecule has 1 aromatic carbocycles. The number of sulfonamides is 1. The smallest absolute Gasteiger partial charge is 0.262 e. The molecule has 3 rings (SSSR count). The van der Waals surface area contributed by atoms with Crippen molar-refractivity contribution in [2.24, 2.45) is 11.8 Å². The SMILES string of the molecule is CC(C)[C@@H](C)NC(=O)[C@H](NC(=O)c1cccs1)C1CCN(S(=O)(=O)c2ccc(Cl)cc2)CC1. The molecule has 1 fully saturated rings. The van der Waals surface area contributed by atoms with E-state index in [2.05, 4.69) is 10.6 Å². The van der Waals surface area contributed by atoms with E-state index >= 15 is 0 Å². The van der Waals surface area contributed by atoms with Crippen LogP contribution < -0.4 is 10.6 Å². The maximum atomic E-state index is 13.1. The standard InChI is InChI=1S/C23H30ClN3O4S2/c1-15(2)16(3)25-23(29)21(26-22(28)20-5-4-14-32-20)17-10-12-27(13-11-17)33(30,31)19-8-6-18(24)7-9-19/h4-9,14-17,21H,10-13H2,1-3H3,(H,25,29)(H,26,28)/t16-,21-/m1/s1. The minimum atomic E-state index is -3.65. The van der Waals surface area contributed by atoms with Crippen LogP contribution in [-0.4, -0.2) is 49.7 Å². The van der Waals surface area contributed by atoms with Crippen LogP contribution in [0.4, 0.5) is 0 Å². The van der Waals surface area contributed by atoms with Crippen molar-refractivity contribution >= 4 is 44.8 Å². The highest BCUT2D eigenvalue weighted by Gasteiger charge is 2.37. The maximum Gasteiger partial charge on any atom is 0.262 e. The molecule has 2 aromatic rings. The fourth-order valence-corrected chi connectivity index (χ4v) is 5.93. The van der Waals surface area contributed by atoms with Gasteiger partial charge in [0.15, 0.2) is 0 Å². The van der Waals surface area contributed by atoms with Gasteiger partial charge in [0.2, 0.25) is 15.9 Å². The number of hydrogen-bond donors (Lipinski definition) is 2. The molecule has 10 heteroatoms. The van der Waals surface area contributed by atoms with Gasteiger partial charge in [-0.25, -0.2) is 8.42 Å². The third kappa shape index (κ3) is 6.35. The van der Waals surface area contributed by atoms with Crippen LogP contribution in [0.2, 0.25) is 5.02 Å². The van der Waals surface area contributed by atoms with Crippen molar-refractivity contribution in [1.82, 2.24) is 14.9 Å². The molecule has 2 N–H and O–H groups in total. The van der Waals surface area contributed by atoms with E-state index in [9.17, 15) is 18.0 Å². The number of amides is 2. The Bertz CT molecular complexity index is 1050. The van der Waals surface area contributed by atoms with E-state index in [1.165, 1.54) is 27.8 Å². The van der Waals surface area contributed by atoms with Crippen LogP contribution in [0.25, 0.3) is 0 Å². The summed E-state index contributed by atoms with van der Waals surface area (Å²) in [4.78, 5) is 26.6. The monoisotopic (exact) mass is 511 g/mol. The molecule has 1 aliphatic heterocycles. The van der Waals surface area contributed by atoms with Crippen molar-refractivity contribution < 1.29 is 18.0 Å². The molecule has 1 saturated heterocycles. The van der Waals surface area contributed by atoms with Gasteiger partial charge in [0.05, 0.1) is 9.77 Å². The summed E-state index contributed by atoms with van der Waals surface area (Å²) in [5.41, 5.74) is 0. The van der Waals surface area contributed by atoms with Gasteiger partial charge in [0, 0.05) is 24.2 Å². The second kappa shape index (κ2) is 11.0. The molecular weight excluding hydrogens is 482 g/mol. The summed E-state index contributed by atoms with van der Waals surface area (Å²) < 4.78 is 27.4. The predicted molar refractivity (Wildman–Crippen MR) is 131 cm³/mol. The predicted octanol–water partition coefficient (Wildman–Crippen LogP) is 3.76. The minimum Gasteiger partial charge on any atom is -0.352 e. The molecule has 1 aliphatic rings. The number of carbonyl (C=O) groups is 2. The molecule has 0 radical (unpaired) electrons. The fourth-order valence-electron chi connectivity index (χ4n) is 3.70. The van der Waals surface area contributed by atoms with E-state index in [1.54, 1.807) is 24.3 Å². The lowest BCUT2D eigenvalue weighted by Crippen LogP contribution is -2.55. The summed E-state index contributed by atoms with van der Waals surface area (Å²) in [6.45, 7) is 6.51. The van der Waals surface area contributed by atoms with Gasteiger partial charge in [0.25, 0.3) is 5.91 Å². The van der Waals surface area contributed by atoms with Gasteiger partial charge in [-0.2, -0.15) is 4.31 Å². The number of piperidine rings is 1. The van der Waals surface area contributed by atoms with E-state index in [1.807, 2.05) is 26.2 Å². The molecule has 0 unspecified atom stereocenters. The molecule has 0 saturated carbocycles. The van der Waals surface area contributed by atoms with Crippen LogP contribution in [0.3, 0.4) is 0 Å². The first-order chi connectivity index (χ1) is 15.6. The molecule has 1 aromatic heterocycles. The first-order valence-corrected chi connectivity index (χ1v) is 13.7. The first kappa shape index (κ1) is 25.7. The summed E-state index contributed by atoms with van der Waals surface area (Å²) in [6, 6.07) is 8.81. The average Bonchev–Trinajstić information content (AvgIpc) is 3.32. The van der Waals surface area contributed by atoms with E-state index in [4.69, 9.17) is 11.6 Å². The Hall–Kier alpha value is -1.94. The van der Waals surface area contributed by atoms with Crippen molar-refractivity contribution in [3.8, 4) is 0 Å². The zero-order valence-corrected chi connectivity index (χ0v) is 21.3.